The number of aliphatic carboxylic acids is 1. The van der Waals surface area contributed by atoms with Crippen LogP contribution in [0.1, 0.15) is 24.8 Å². The fourth-order valence-electron chi connectivity index (χ4n) is 3.46. The van der Waals surface area contributed by atoms with E-state index in [1.54, 1.807) is 11.1 Å². The number of carbonyl (C=O) groups excluding carboxylic acids is 1. The lowest BCUT2D eigenvalue weighted by Crippen LogP contribution is -2.51. The molecule has 2 heterocycles. The number of piperidine rings is 1. The Balaban J connectivity index is 1.45. The second-order valence-electron chi connectivity index (χ2n) is 7.02. The van der Waals surface area contributed by atoms with Gasteiger partial charge in [-0.15, -0.1) is 0 Å². The largest absolute Gasteiger partial charge is 0.480 e. The van der Waals surface area contributed by atoms with Gasteiger partial charge in [0, 0.05) is 38.4 Å². The number of nitrogens with zero attached hydrogens (tertiary/aromatic N) is 3. The summed E-state index contributed by atoms with van der Waals surface area (Å²) in [4.78, 5) is 25.7. The van der Waals surface area contributed by atoms with Gasteiger partial charge in [0.1, 0.15) is 6.04 Å². The van der Waals surface area contributed by atoms with Gasteiger partial charge in [-0.3, -0.25) is 4.68 Å². The highest BCUT2D eigenvalue weighted by molar-refractivity contribution is 5.82. The summed E-state index contributed by atoms with van der Waals surface area (Å²) in [5.41, 5.74) is 0.891. The lowest BCUT2D eigenvalue weighted by atomic mass is 9.94. The number of hydrogen-bond donors (Lipinski definition) is 2. The van der Waals surface area contributed by atoms with Crippen molar-refractivity contribution in [3.05, 3.63) is 54.4 Å². The van der Waals surface area contributed by atoms with Gasteiger partial charge in [-0.1, -0.05) is 30.3 Å². The molecule has 7 heteroatoms. The molecule has 0 radical (unpaired) electrons. The van der Waals surface area contributed by atoms with Crippen molar-refractivity contribution in [1.29, 1.82) is 0 Å². The molecule has 1 aromatic heterocycles. The minimum atomic E-state index is -1.01. The Morgan fingerprint density at radius 2 is 1.93 bits per heavy atom. The van der Waals surface area contributed by atoms with Crippen LogP contribution < -0.4 is 5.32 Å². The first kappa shape index (κ1) is 18.9. The number of amides is 2. The van der Waals surface area contributed by atoms with Crippen molar-refractivity contribution in [2.24, 2.45) is 5.92 Å². The van der Waals surface area contributed by atoms with Gasteiger partial charge in [0.05, 0.1) is 0 Å². The van der Waals surface area contributed by atoms with Crippen LogP contribution in [0.4, 0.5) is 4.79 Å². The van der Waals surface area contributed by atoms with Crippen molar-refractivity contribution >= 4 is 12.0 Å². The molecule has 7 nitrogen and oxygen atoms in total. The number of nitrogens with one attached hydrogen (secondary N) is 1. The van der Waals surface area contributed by atoms with Gasteiger partial charge in [0.15, 0.2) is 0 Å². The number of carbonyl (C=O) groups is 2. The van der Waals surface area contributed by atoms with E-state index in [9.17, 15) is 14.7 Å². The highest BCUT2D eigenvalue weighted by Gasteiger charge is 2.26. The van der Waals surface area contributed by atoms with E-state index in [0.29, 0.717) is 19.0 Å². The van der Waals surface area contributed by atoms with Crippen LogP contribution in [0.3, 0.4) is 0 Å². The molecule has 2 N–H and O–H groups in total. The molecule has 27 heavy (non-hydrogen) atoms. The summed E-state index contributed by atoms with van der Waals surface area (Å²) in [5.74, 6) is -0.445. The molecular formula is C20H26N4O3. The number of likely N-dealkylation sites (tertiary alicyclic amines) is 1. The maximum absolute atomic E-state index is 12.5. The van der Waals surface area contributed by atoms with E-state index >= 15 is 0 Å². The maximum Gasteiger partial charge on any atom is 0.326 e. The fourth-order valence-corrected chi connectivity index (χ4v) is 3.46. The lowest BCUT2D eigenvalue weighted by Gasteiger charge is -2.32. The van der Waals surface area contributed by atoms with Crippen LogP contribution in [0.15, 0.2) is 48.8 Å². The lowest BCUT2D eigenvalue weighted by molar-refractivity contribution is -0.139. The number of aromatic nitrogens is 2. The third-order valence-corrected chi connectivity index (χ3v) is 5.11. The number of aryl methyl sites for hydroxylation is 1. The van der Waals surface area contributed by atoms with Gasteiger partial charge in [-0.2, -0.15) is 5.10 Å². The average molecular weight is 370 g/mol. The van der Waals surface area contributed by atoms with E-state index in [2.05, 4.69) is 10.4 Å². The van der Waals surface area contributed by atoms with E-state index in [1.165, 1.54) is 0 Å². The molecule has 2 aromatic rings. The number of carboxylic acids is 1. The highest BCUT2D eigenvalue weighted by atomic mass is 16.4. The summed E-state index contributed by atoms with van der Waals surface area (Å²) in [6.07, 6.45) is 6.93. The Morgan fingerprint density at radius 1 is 1.19 bits per heavy atom. The normalized spacial score (nSPS) is 16.1. The topological polar surface area (TPSA) is 87.5 Å². The molecule has 1 saturated heterocycles. The first-order valence-electron chi connectivity index (χ1n) is 9.41. The van der Waals surface area contributed by atoms with E-state index in [-0.39, 0.29) is 12.5 Å². The van der Waals surface area contributed by atoms with Crippen LogP contribution in [-0.4, -0.2) is 50.9 Å². The number of hydrogen-bond acceptors (Lipinski definition) is 3. The standard InChI is InChI=1S/C20H26N4O3/c25-19(26)18(15-17-5-2-1-3-6-17)22-20(27)23-12-7-16(8-13-23)9-14-24-11-4-10-21-24/h1-6,10-11,16,18H,7-9,12-15H2,(H,22,27)(H,25,26). The van der Waals surface area contributed by atoms with Crippen molar-refractivity contribution in [2.75, 3.05) is 13.1 Å². The summed E-state index contributed by atoms with van der Waals surface area (Å²) in [7, 11) is 0. The summed E-state index contributed by atoms with van der Waals surface area (Å²) in [5, 5.41) is 16.3. The molecule has 1 unspecified atom stereocenters. The zero-order chi connectivity index (χ0) is 19.1. The number of rotatable bonds is 7. The first-order chi connectivity index (χ1) is 13.1. The third kappa shape index (κ3) is 5.57. The number of carboxylic acid groups (broad SMARTS) is 1. The zero-order valence-electron chi connectivity index (χ0n) is 15.3. The van der Waals surface area contributed by atoms with Crippen molar-refractivity contribution in [3.8, 4) is 0 Å². The molecule has 0 spiro atoms. The smallest absolute Gasteiger partial charge is 0.326 e. The Morgan fingerprint density at radius 3 is 2.56 bits per heavy atom. The SMILES string of the molecule is O=C(O)C(Cc1ccccc1)NC(=O)N1CCC(CCn2cccn2)CC1. The Bertz CT molecular complexity index is 725. The molecular weight excluding hydrogens is 344 g/mol. The molecule has 1 fully saturated rings. The number of urea groups is 1. The molecule has 1 atom stereocenters. The minimum absolute atomic E-state index is 0.280. The van der Waals surface area contributed by atoms with Gasteiger partial charge in [0.2, 0.25) is 0 Å². The van der Waals surface area contributed by atoms with Gasteiger partial charge in [-0.05, 0) is 36.8 Å². The summed E-state index contributed by atoms with van der Waals surface area (Å²) >= 11 is 0. The predicted molar refractivity (Wildman–Crippen MR) is 101 cm³/mol. The van der Waals surface area contributed by atoms with Gasteiger partial charge in [0.25, 0.3) is 0 Å². The molecule has 1 aliphatic rings. The van der Waals surface area contributed by atoms with Crippen LogP contribution >= 0.6 is 0 Å². The molecule has 2 amide bonds. The molecule has 1 aliphatic heterocycles. The molecule has 3 rings (SSSR count). The van der Waals surface area contributed by atoms with Crippen molar-refractivity contribution < 1.29 is 14.7 Å². The fraction of sp³-hybridized carbons (Fsp3) is 0.450. The van der Waals surface area contributed by atoms with Gasteiger partial charge < -0.3 is 15.3 Å². The molecule has 1 aromatic carbocycles. The molecule has 0 saturated carbocycles. The molecule has 144 valence electrons. The second-order valence-corrected chi connectivity index (χ2v) is 7.02. The van der Waals surface area contributed by atoms with Gasteiger partial charge in [-0.25, -0.2) is 9.59 Å². The zero-order valence-corrected chi connectivity index (χ0v) is 15.3. The summed E-state index contributed by atoms with van der Waals surface area (Å²) < 4.78 is 1.93. The van der Waals surface area contributed by atoms with E-state index < -0.39 is 12.0 Å². The van der Waals surface area contributed by atoms with E-state index in [4.69, 9.17) is 0 Å². The minimum Gasteiger partial charge on any atom is -0.480 e. The van der Waals surface area contributed by atoms with E-state index in [1.807, 2.05) is 47.3 Å². The Hall–Kier alpha value is -2.83. The summed E-state index contributed by atoms with van der Waals surface area (Å²) in [6, 6.07) is 10.1. The Kier molecular flexibility index (Phi) is 6.46. The maximum atomic E-state index is 12.5. The van der Waals surface area contributed by atoms with Crippen LogP contribution in [0.5, 0.6) is 0 Å². The first-order valence-corrected chi connectivity index (χ1v) is 9.41. The van der Waals surface area contributed by atoms with E-state index in [0.717, 1.165) is 31.4 Å². The van der Waals surface area contributed by atoms with Crippen LogP contribution in [0.25, 0.3) is 0 Å². The van der Waals surface area contributed by atoms with Crippen molar-refractivity contribution in [3.63, 3.8) is 0 Å². The van der Waals surface area contributed by atoms with Crippen molar-refractivity contribution in [1.82, 2.24) is 20.0 Å². The monoisotopic (exact) mass is 370 g/mol. The van der Waals surface area contributed by atoms with Crippen LogP contribution in [0, 0.1) is 5.92 Å². The second kappa shape index (κ2) is 9.21. The third-order valence-electron chi connectivity index (χ3n) is 5.11. The van der Waals surface area contributed by atoms with Crippen molar-refractivity contribution in [2.45, 2.75) is 38.3 Å². The average Bonchev–Trinajstić information content (AvgIpc) is 3.20. The van der Waals surface area contributed by atoms with Gasteiger partial charge >= 0.3 is 12.0 Å². The van der Waals surface area contributed by atoms with Crippen LogP contribution in [-0.2, 0) is 17.8 Å². The number of benzene rings is 1. The molecule has 0 bridgehead atoms. The quantitative estimate of drug-likeness (QED) is 0.783. The molecule has 0 aliphatic carbocycles. The summed E-state index contributed by atoms with van der Waals surface area (Å²) in [6.45, 7) is 2.21. The predicted octanol–water partition coefficient (Wildman–Crippen LogP) is 2.39. The Labute approximate surface area is 159 Å². The highest BCUT2D eigenvalue weighted by Crippen LogP contribution is 2.21. The van der Waals surface area contributed by atoms with Crippen LogP contribution in [0.2, 0.25) is 0 Å².